The summed E-state index contributed by atoms with van der Waals surface area (Å²) in [5.41, 5.74) is 5.00. The summed E-state index contributed by atoms with van der Waals surface area (Å²) in [6.07, 6.45) is -5.93. The molecule has 0 aliphatic carbocycles. The lowest BCUT2D eigenvalue weighted by Crippen LogP contribution is -2.50. The van der Waals surface area contributed by atoms with Crippen molar-refractivity contribution in [1.29, 1.82) is 0 Å². The quantitative estimate of drug-likeness (QED) is 0.110. The summed E-state index contributed by atoms with van der Waals surface area (Å²) in [6.45, 7) is -0.763. The number of phosphoric ester groups is 1. The third-order valence-electron chi connectivity index (χ3n) is 4.69. The highest BCUT2D eigenvalue weighted by molar-refractivity contribution is 7.70. The van der Waals surface area contributed by atoms with Crippen LogP contribution in [-0.2, 0) is 32.0 Å². The predicted octanol–water partition coefficient (Wildman–Crippen LogP) is -3.48. The molecule has 186 valence electrons. The van der Waals surface area contributed by atoms with Gasteiger partial charge in [-0.2, -0.15) is 9.30 Å². The van der Waals surface area contributed by atoms with Crippen LogP contribution in [0.2, 0.25) is 0 Å². The second-order valence-corrected chi connectivity index (χ2v) is 11.9. The van der Waals surface area contributed by atoms with Crippen molar-refractivity contribution in [2.24, 2.45) is 20.7 Å². The summed E-state index contributed by atoms with van der Waals surface area (Å²) in [5.74, 6) is 0.0932. The fraction of sp³-hybridized carbons (Fsp3) is 0.727. The van der Waals surface area contributed by atoms with Crippen molar-refractivity contribution in [2.75, 3.05) is 19.9 Å². The van der Waals surface area contributed by atoms with Gasteiger partial charge in [0.25, 0.3) is 0 Å². The molecule has 4 aliphatic rings. The van der Waals surface area contributed by atoms with E-state index in [0.717, 1.165) is 4.86 Å². The highest BCUT2D eigenvalue weighted by Crippen LogP contribution is 2.61. The number of aliphatic hydroxyl groups excluding tert-OH is 2. The lowest BCUT2D eigenvalue weighted by atomic mass is 10.1. The first-order chi connectivity index (χ1) is 15.1. The second-order valence-electron chi connectivity index (χ2n) is 7.15. The molecule has 0 bridgehead atoms. The Hall–Kier alpha value is -1.14. The molecule has 0 aromatic carbocycles. The second kappa shape index (κ2) is 8.22. The van der Waals surface area contributed by atoms with Crippen molar-refractivity contribution in [1.82, 2.24) is 9.76 Å². The number of hydrogen-bond acceptors (Lipinski definition) is 14. The van der Waals surface area contributed by atoms with Gasteiger partial charge in [0.15, 0.2) is 12.1 Å². The fourth-order valence-electron chi connectivity index (χ4n) is 3.32. The van der Waals surface area contributed by atoms with E-state index in [1.54, 1.807) is 0 Å². The molecule has 1 spiro atoms. The first kappa shape index (κ1) is 25.0. The molecule has 2 saturated heterocycles. The number of rotatable bonds is 8. The van der Waals surface area contributed by atoms with Gasteiger partial charge in [-0.3, -0.25) is 9.52 Å². The van der Waals surface area contributed by atoms with Gasteiger partial charge in [-0.15, -0.1) is 4.86 Å². The predicted molar refractivity (Wildman–Crippen MR) is 104 cm³/mol. The molecule has 0 amide bonds. The summed E-state index contributed by atoms with van der Waals surface area (Å²) >= 11 is 0. The average Bonchev–Trinajstić information content (AvgIpc) is 3.16. The number of guanidine groups is 1. The van der Waals surface area contributed by atoms with Crippen molar-refractivity contribution in [3.05, 3.63) is 0 Å². The number of nitrogens with two attached hydrogens (primary N) is 1. The van der Waals surface area contributed by atoms with Gasteiger partial charge < -0.3 is 49.9 Å². The maximum atomic E-state index is 11.9. The normalized spacial score (nSPS) is 37.2. The summed E-state index contributed by atoms with van der Waals surface area (Å²) < 4.78 is 53.3. The van der Waals surface area contributed by atoms with Gasteiger partial charge in [0.1, 0.15) is 37.3 Å². The minimum atomic E-state index is -5.46. The van der Waals surface area contributed by atoms with E-state index in [-0.39, 0.29) is 25.1 Å². The van der Waals surface area contributed by atoms with Gasteiger partial charge in [-0.25, -0.2) is 18.7 Å². The fourth-order valence-corrected chi connectivity index (χ4v) is 6.75. The summed E-state index contributed by atoms with van der Waals surface area (Å²) in [7, 11) is -16.1. The molecule has 19 nitrogen and oxygen atoms in total. The van der Waals surface area contributed by atoms with E-state index < -0.39 is 60.2 Å². The Kier molecular flexibility index (Phi) is 6.22. The SMILES string of the molecule is NC1=N[C@]2(CO2)C2=NCN([C@@H]3O[C@H](COP(=O)(O)OP(=O)(O)NP(=O)(O)O)[C@@H](O)[C@H]3O)C2=N1. The molecular formula is C11H19N6O13P3. The van der Waals surface area contributed by atoms with E-state index in [1.165, 1.54) is 4.90 Å². The van der Waals surface area contributed by atoms with Crippen LogP contribution in [0, 0.1) is 0 Å². The molecule has 0 radical (unpaired) electrons. The lowest BCUT2D eigenvalue weighted by molar-refractivity contribution is -0.0680. The molecule has 0 aromatic heterocycles. The van der Waals surface area contributed by atoms with E-state index in [1.807, 2.05) is 0 Å². The Labute approximate surface area is 184 Å². The Bertz CT molecular complexity index is 1070. The Morgan fingerprint density at radius 1 is 1.21 bits per heavy atom. The number of phosphoric acid groups is 1. The molecule has 33 heavy (non-hydrogen) atoms. The zero-order valence-corrected chi connectivity index (χ0v) is 18.9. The number of hydrogen-bond donors (Lipinski definition) is 8. The number of nitrogens with one attached hydrogen (secondary N) is 1. The zero-order chi connectivity index (χ0) is 24.4. The molecule has 9 N–H and O–H groups in total. The number of aliphatic hydroxyl groups is 2. The van der Waals surface area contributed by atoms with Crippen molar-refractivity contribution < 1.29 is 61.8 Å². The van der Waals surface area contributed by atoms with Gasteiger partial charge >= 0.3 is 23.3 Å². The van der Waals surface area contributed by atoms with E-state index in [9.17, 15) is 33.7 Å². The van der Waals surface area contributed by atoms with Crippen molar-refractivity contribution in [2.45, 2.75) is 30.3 Å². The standard InChI is InChI=1S/C11H19N6O13P3/c12-10-14-8-7(11(15-10)2-27-11)13-3-17(8)9-6(19)5(18)4(29-9)1-28-33(25,26)30-32(23,24)16-31(20,21)22/h4-6,9,18-19H,1-3H2,(H2,12,15)(H,25,26)(H4,16,20,21,22,23,24)/t4-,5-,6-,9-,11+/m1/s1. The van der Waals surface area contributed by atoms with Gasteiger partial charge in [0.05, 0.1) is 6.61 Å². The molecule has 7 atom stereocenters. The van der Waals surface area contributed by atoms with Crippen LogP contribution in [0.5, 0.6) is 0 Å². The minimum Gasteiger partial charge on any atom is -0.387 e. The molecule has 2 fully saturated rings. The molecule has 0 saturated carbocycles. The van der Waals surface area contributed by atoms with E-state index in [0.29, 0.717) is 5.71 Å². The average molecular weight is 536 g/mol. The highest BCUT2D eigenvalue weighted by Gasteiger charge is 2.58. The van der Waals surface area contributed by atoms with Crippen LogP contribution in [0.15, 0.2) is 15.0 Å². The van der Waals surface area contributed by atoms with Gasteiger partial charge in [-0.1, -0.05) is 0 Å². The number of epoxide rings is 1. The third kappa shape index (κ3) is 5.27. The van der Waals surface area contributed by atoms with Crippen LogP contribution in [0.3, 0.4) is 0 Å². The molecule has 22 heteroatoms. The van der Waals surface area contributed by atoms with Crippen LogP contribution in [0.1, 0.15) is 0 Å². The topological polar surface area (TPSA) is 291 Å². The summed E-state index contributed by atoms with van der Waals surface area (Å²) in [5, 5.41) is 20.7. The highest BCUT2D eigenvalue weighted by atomic mass is 31.3. The smallest absolute Gasteiger partial charge is 0.387 e. The molecule has 4 aliphatic heterocycles. The monoisotopic (exact) mass is 536 g/mol. The molecule has 0 aromatic rings. The Morgan fingerprint density at radius 2 is 1.88 bits per heavy atom. The first-order valence-corrected chi connectivity index (χ1v) is 13.6. The minimum absolute atomic E-state index is 0.0621. The summed E-state index contributed by atoms with van der Waals surface area (Å²) in [4.78, 5) is 50.7. The largest absolute Gasteiger partial charge is 0.480 e. The zero-order valence-electron chi connectivity index (χ0n) is 16.2. The van der Waals surface area contributed by atoms with E-state index in [4.69, 9.17) is 25.0 Å². The van der Waals surface area contributed by atoms with Gasteiger partial charge in [-0.05, 0) is 0 Å². The van der Waals surface area contributed by atoms with Crippen LogP contribution < -0.4 is 10.6 Å². The Balaban J connectivity index is 1.40. The van der Waals surface area contributed by atoms with Gasteiger partial charge in [0.2, 0.25) is 11.7 Å². The van der Waals surface area contributed by atoms with Crippen LogP contribution >= 0.6 is 23.3 Å². The van der Waals surface area contributed by atoms with Crippen LogP contribution in [0.25, 0.3) is 0 Å². The number of amidine groups is 1. The number of fused-ring (bicyclic) bond motifs is 2. The van der Waals surface area contributed by atoms with Crippen molar-refractivity contribution in [3.8, 4) is 0 Å². The maximum Gasteiger partial charge on any atom is 0.480 e. The number of aliphatic imine (C=N–C) groups is 3. The van der Waals surface area contributed by atoms with Crippen LogP contribution in [-0.4, -0.2) is 102 Å². The van der Waals surface area contributed by atoms with E-state index >= 15 is 0 Å². The number of nitrogens with zero attached hydrogens (tertiary/aromatic N) is 4. The molecule has 4 rings (SSSR count). The third-order valence-corrected chi connectivity index (χ3v) is 8.92. The van der Waals surface area contributed by atoms with Crippen molar-refractivity contribution >= 4 is 40.8 Å². The first-order valence-electron chi connectivity index (χ1n) is 8.89. The Morgan fingerprint density at radius 3 is 2.48 bits per heavy atom. The molecule has 2 unspecified atom stereocenters. The van der Waals surface area contributed by atoms with Gasteiger partial charge in [0, 0.05) is 0 Å². The van der Waals surface area contributed by atoms with Crippen LogP contribution in [0.4, 0.5) is 0 Å². The maximum absolute atomic E-state index is 11.9. The number of ether oxygens (including phenoxy) is 2. The molecule has 4 heterocycles. The summed E-state index contributed by atoms with van der Waals surface area (Å²) in [6, 6.07) is 0. The molecular weight excluding hydrogens is 517 g/mol. The van der Waals surface area contributed by atoms with Crippen molar-refractivity contribution in [3.63, 3.8) is 0 Å². The van der Waals surface area contributed by atoms with E-state index in [2.05, 4.69) is 23.8 Å². The lowest BCUT2D eigenvalue weighted by Gasteiger charge is -2.29.